The standard InChI is InChI=1S/C15H14FNO2S/c1-12-7-8-15(14(16)11-12)17-20(18,19)10-9-13-5-3-2-4-6-13/h2-11,17H,1H3/b10-9+. The molecule has 0 saturated heterocycles. The fourth-order valence-corrected chi connectivity index (χ4v) is 2.50. The van der Waals surface area contributed by atoms with Gasteiger partial charge in [-0.05, 0) is 36.3 Å². The third-order valence-electron chi connectivity index (χ3n) is 2.62. The lowest BCUT2D eigenvalue weighted by molar-refractivity contribution is 0.606. The largest absolute Gasteiger partial charge is 0.277 e. The molecule has 2 rings (SSSR count). The van der Waals surface area contributed by atoms with Crippen LogP contribution >= 0.6 is 0 Å². The van der Waals surface area contributed by atoms with Crippen molar-refractivity contribution in [3.63, 3.8) is 0 Å². The second-order valence-electron chi connectivity index (χ2n) is 4.34. The zero-order chi connectivity index (χ0) is 14.6. The maximum atomic E-state index is 13.6. The molecule has 0 radical (unpaired) electrons. The first-order chi connectivity index (χ1) is 9.46. The Bertz CT molecular complexity index is 725. The highest BCUT2D eigenvalue weighted by Gasteiger charge is 2.09. The number of benzene rings is 2. The Hall–Kier alpha value is -2.14. The van der Waals surface area contributed by atoms with Crippen LogP contribution in [0.15, 0.2) is 53.9 Å². The highest BCUT2D eigenvalue weighted by molar-refractivity contribution is 7.95. The highest BCUT2D eigenvalue weighted by Crippen LogP contribution is 2.17. The van der Waals surface area contributed by atoms with Crippen LogP contribution < -0.4 is 4.72 Å². The average Bonchev–Trinajstić information content (AvgIpc) is 2.41. The summed E-state index contributed by atoms with van der Waals surface area (Å²) >= 11 is 0. The van der Waals surface area contributed by atoms with Crippen molar-refractivity contribution in [3.05, 3.63) is 70.9 Å². The van der Waals surface area contributed by atoms with Crippen molar-refractivity contribution >= 4 is 21.8 Å². The van der Waals surface area contributed by atoms with E-state index in [4.69, 9.17) is 0 Å². The van der Waals surface area contributed by atoms with Crippen LogP contribution in [0.4, 0.5) is 10.1 Å². The Labute approximate surface area is 117 Å². The third-order valence-corrected chi connectivity index (χ3v) is 3.61. The van der Waals surface area contributed by atoms with Crippen LogP contribution in [0.2, 0.25) is 0 Å². The molecule has 0 heterocycles. The van der Waals surface area contributed by atoms with Crippen LogP contribution in [0.25, 0.3) is 6.08 Å². The van der Waals surface area contributed by atoms with E-state index in [-0.39, 0.29) is 5.69 Å². The molecule has 0 saturated carbocycles. The Morgan fingerprint density at radius 3 is 2.45 bits per heavy atom. The summed E-state index contributed by atoms with van der Waals surface area (Å²) in [4.78, 5) is 0. The van der Waals surface area contributed by atoms with Gasteiger partial charge in [-0.1, -0.05) is 36.4 Å². The van der Waals surface area contributed by atoms with E-state index < -0.39 is 15.8 Å². The summed E-state index contributed by atoms with van der Waals surface area (Å²) in [5.74, 6) is -0.596. The minimum Gasteiger partial charge on any atom is -0.277 e. The van der Waals surface area contributed by atoms with Gasteiger partial charge in [-0.25, -0.2) is 12.8 Å². The fraction of sp³-hybridized carbons (Fsp3) is 0.0667. The van der Waals surface area contributed by atoms with E-state index in [1.807, 2.05) is 6.07 Å². The van der Waals surface area contributed by atoms with Gasteiger partial charge in [0.1, 0.15) is 5.82 Å². The van der Waals surface area contributed by atoms with Gasteiger partial charge in [0.25, 0.3) is 10.0 Å². The molecule has 0 bridgehead atoms. The Balaban J connectivity index is 2.17. The van der Waals surface area contributed by atoms with Crippen molar-refractivity contribution in [1.29, 1.82) is 0 Å². The number of aryl methyl sites for hydroxylation is 1. The number of halogens is 1. The SMILES string of the molecule is Cc1ccc(NS(=O)(=O)/C=C/c2ccccc2)c(F)c1. The molecule has 104 valence electrons. The molecule has 0 unspecified atom stereocenters. The van der Waals surface area contributed by atoms with Gasteiger partial charge in [0.15, 0.2) is 0 Å². The third kappa shape index (κ3) is 3.93. The molecule has 0 atom stereocenters. The van der Waals surface area contributed by atoms with Crippen molar-refractivity contribution in [2.45, 2.75) is 6.92 Å². The summed E-state index contributed by atoms with van der Waals surface area (Å²) in [6, 6.07) is 13.3. The Morgan fingerprint density at radius 2 is 1.80 bits per heavy atom. The lowest BCUT2D eigenvalue weighted by Gasteiger charge is -2.06. The predicted octanol–water partition coefficient (Wildman–Crippen LogP) is 3.55. The second kappa shape index (κ2) is 5.88. The molecule has 0 aliphatic rings. The molecular formula is C15H14FNO2S. The summed E-state index contributed by atoms with van der Waals surface area (Å²) in [7, 11) is -3.74. The fourth-order valence-electron chi connectivity index (χ4n) is 1.62. The minimum atomic E-state index is -3.74. The molecule has 0 aliphatic heterocycles. The zero-order valence-corrected chi connectivity index (χ0v) is 11.7. The average molecular weight is 291 g/mol. The van der Waals surface area contributed by atoms with Crippen LogP contribution in [-0.4, -0.2) is 8.42 Å². The number of anilines is 1. The van der Waals surface area contributed by atoms with Crippen LogP contribution in [0.5, 0.6) is 0 Å². The smallest absolute Gasteiger partial charge is 0.255 e. The van der Waals surface area contributed by atoms with Crippen molar-refractivity contribution in [1.82, 2.24) is 0 Å². The lowest BCUT2D eigenvalue weighted by Crippen LogP contribution is -2.10. The van der Waals surface area contributed by atoms with Crippen molar-refractivity contribution < 1.29 is 12.8 Å². The van der Waals surface area contributed by atoms with Crippen LogP contribution in [0, 0.1) is 12.7 Å². The maximum absolute atomic E-state index is 13.6. The first-order valence-electron chi connectivity index (χ1n) is 5.98. The van der Waals surface area contributed by atoms with Gasteiger partial charge in [0, 0.05) is 0 Å². The summed E-state index contributed by atoms with van der Waals surface area (Å²) < 4.78 is 39.5. The van der Waals surface area contributed by atoms with E-state index in [0.717, 1.165) is 16.5 Å². The highest BCUT2D eigenvalue weighted by atomic mass is 32.2. The number of hydrogen-bond donors (Lipinski definition) is 1. The van der Waals surface area contributed by atoms with Gasteiger partial charge >= 0.3 is 0 Å². The van der Waals surface area contributed by atoms with Gasteiger partial charge in [0.2, 0.25) is 0 Å². The van der Waals surface area contributed by atoms with Gasteiger partial charge < -0.3 is 0 Å². The number of nitrogens with one attached hydrogen (secondary N) is 1. The Morgan fingerprint density at radius 1 is 1.10 bits per heavy atom. The van der Waals surface area contributed by atoms with E-state index in [2.05, 4.69) is 4.72 Å². The van der Waals surface area contributed by atoms with Crippen molar-refractivity contribution in [2.24, 2.45) is 0 Å². The monoisotopic (exact) mass is 291 g/mol. The predicted molar refractivity (Wildman–Crippen MR) is 79.2 cm³/mol. The molecule has 5 heteroatoms. The number of rotatable bonds is 4. The second-order valence-corrected chi connectivity index (χ2v) is 5.91. The molecule has 0 spiro atoms. The van der Waals surface area contributed by atoms with Gasteiger partial charge in [-0.15, -0.1) is 0 Å². The lowest BCUT2D eigenvalue weighted by atomic mass is 10.2. The molecule has 2 aromatic carbocycles. The molecule has 20 heavy (non-hydrogen) atoms. The van der Waals surface area contributed by atoms with Crippen molar-refractivity contribution in [2.75, 3.05) is 4.72 Å². The Kier molecular flexibility index (Phi) is 4.20. The maximum Gasteiger partial charge on any atom is 0.255 e. The van der Waals surface area contributed by atoms with Gasteiger partial charge in [0.05, 0.1) is 11.1 Å². The molecule has 0 aliphatic carbocycles. The molecular weight excluding hydrogens is 277 g/mol. The summed E-state index contributed by atoms with van der Waals surface area (Å²) in [5, 5.41) is 1.02. The molecule has 0 fully saturated rings. The van der Waals surface area contributed by atoms with E-state index in [0.29, 0.717) is 0 Å². The quantitative estimate of drug-likeness (QED) is 0.936. The van der Waals surface area contributed by atoms with Crippen LogP contribution in [0.1, 0.15) is 11.1 Å². The first-order valence-corrected chi connectivity index (χ1v) is 7.53. The minimum absolute atomic E-state index is 0.0617. The first kappa shape index (κ1) is 14.3. The van der Waals surface area contributed by atoms with E-state index in [9.17, 15) is 12.8 Å². The van der Waals surface area contributed by atoms with Crippen LogP contribution in [-0.2, 0) is 10.0 Å². The summed E-state index contributed by atoms with van der Waals surface area (Å²) in [5.41, 5.74) is 1.42. The van der Waals surface area contributed by atoms with E-state index in [1.165, 1.54) is 18.2 Å². The topological polar surface area (TPSA) is 46.2 Å². The van der Waals surface area contributed by atoms with E-state index in [1.54, 1.807) is 37.3 Å². The molecule has 0 amide bonds. The molecule has 1 N–H and O–H groups in total. The number of hydrogen-bond acceptors (Lipinski definition) is 2. The summed E-state index contributed by atoms with van der Waals surface area (Å²) in [6.07, 6.45) is 1.45. The molecule has 0 aromatic heterocycles. The molecule has 3 nitrogen and oxygen atoms in total. The van der Waals surface area contributed by atoms with Crippen molar-refractivity contribution in [3.8, 4) is 0 Å². The number of sulfonamides is 1. The van der Waals surface area contributed by atoms with E-state index >= 15 is 0 Å². The molecule has 2 aromatic rings. The normalized spacial score (nSPS) is 11.7. The zero-order valence-electron chi connectivity index (χ0n) is 10.9. The van der Waals surface area contributed by atoms with Gasteiger partial charge in [-0.2, -0.15) is 0 Å². The van der Waals surface area contributed by atoms with Crippen LogP contribution in [0.3, 0.4) is 0 Å². The van der Waals surface area contributed by atoms with Gasteiger partial charge in [-0.3, -0.25) is 4.72 Å². The summed E-state index contributed by atoms with van der Waals surface area (Å²) in [6.45, 7) is 1.73.